The van der Waals surface area contributed by atoms with Crippen molar-refractivity contribution in [2.45, 2.75) is 13.5 Å². The molecule has 1 amide bonds. The number of nitrogens with two attached hydrogens (primary N) is 1. The molecular weight excluding hydrogens is 244 g/mol. The van der Waals surface area contributed by atoms with E-state index in [-0.39, 0.29) is 5.92 Å². The maximum Gasteiger partial charge on any atom is 0.248 e. The Labute approximate surface area is 109 Å². The van der Waals surface area contributed by atoms with E-state index in [2.05, 4.69) is 21.5 Å². The highest BCUT2D eigenvalue weighted by atomic mass is 16.1. The highest BCUT2D eigenvalue weighted by Crippen LogP contribution is 2.14. The van der Waals surface area contributed by atoms with Crippen LogP contribution in [-0.4, -0.2) is 26.1 Å². The van der Waals surface area contributed by atoms with Crippen molar-refractivity contribution in [1.82, 2.24) is 20.2 Å². The number of nitrogens with zero attached hydrogens (tertiary/aromatic N) is 5. The van der Waals surface area contributed by atoms with Gasteiger partial charge in [-0.25, -0.2) is 0 Å². The molecule has 0 saturated carbocycles. The van der Waals surface area contributed by atoms with Crippen LogP contribution in [0.3, 0.4) is 0 Å². The molecule has 7 heteroatoms. The number of amides is 1. The number of primary amides is 1. The van der Waals surface area contributed by atoms with E-state index < -0.39 is 5.91 Å². The van der Waals surface area contributed by atoms with Gasteiger partial charge in [0.15, 0.2) is 0 Å². The van der Waals surface area contributed by atoms with Crippen LogP contribution in [0.5, 0.6) is 0 Å². The summed E-state index contributed by atoms with van der Waals surface area (Å²) in [7, 11) is 0. The van der Waals surface area contributed by atoms with Gasteiger partial charge in [-0.15, -0.1) is 10.2 Å². The van der Waals surface area contributed by atoms with Gasteiger partial charge in [0, 0.05) is 11.1 Å². The van der Waals surface area contributed by atoms with Gasteiger partial charge in [0.05, 0.1) is 18.5 Å². The Morgan fingerprint density at radius 2 is 2.16 bits per heavy atom. The quantitative estimate of drug-likeness (QED) is 0.861. The lowest BCUT2D eigenvalue weighted by Gasteiger charge is -1.99. The summed E-state index contributed by atoms with van der Waals surface area (Å²) in [6, 6.07) is 8.72. The molecule has 2 N–H and O–H groups in total. The van der Waals surface area contributed by atoms with Crippen LogP contribution < -0.4 is 5.73 Å². The number of nitriles is 1. The summed E-state index contributed by atoms with van der Waals surface area (Å²) in [5.41, 5.74) is 6.32. The molecule has 96 valence electrons. The van der Waals surface area contributed by atoms with Crippen LogP contribution in [0.2, 0.25) is 0 Å². The minimum absolute atomic E-state index is 0.181. The van der Waals surface area contributed by atoms with Gasteiger partial charge in [0.25, 0.3) is 0 Å². The third-order valence-electron chi connectivity index (χ3n) is 2.54. The minimum Gasteiger partial charge on any atom is -0.366 e. The van der Waals surface area contributed by atoms with Crippen LogP contribution >= 0.6 is 0 Å². The van der Waals surface area contributed by atoms with E-state index in [1.54, 1.807) is 31.2 Å². The number of hydrogen-bond donors (Lipinski definition) is 1. The lowest BCUT2D eigenvalue weighted by Crippen LogP contribution is -2.10. The molecule has 0 spiro atoms. The van der Waals surface area contributed by atoms with E-state index in [9.17, 15) is 4.79 Å². The maximum absolute atomic E-state index is 11.0. The van der Waals surface area contributed by atoms with Gasteiger partial charge in [0.2, 0.25) is 11.7 Å². The summed E-state index contributed by atoms with van der Waals surface area (Å²) < 4.78 is 0. The molecule has 2 rings (SSSR count). The first kappa shape index (κ1) is 12.7. The van der Waals surface area contributed by atoms with Crippen molar-refractivity contribution in [3.8, 4) is 17.5 Å². The van der Waals surface area contributed by atoms with E-state index in [0.29, 0.717) is 17.9 Å². The molecule has 2 aromatic rings. The molecule has 0 bridgehead atoms. The molecule has 0 fully saturated rings. The Bertz CT molecular complexity index is 624. The van der Waals surface area contributed by atoms with E-state index >= 15 is 0 Å². The predicted molar refractivity (Wildman–Crippen MR) is 66.5 cm³/mol. The minimum atomic E-state index is -0.481. The van der Waals surface area contributed by atoms with Crippen molar-refractivity contribution in [2.24, 2.45) is 11.7 Å². The van der Waals surface area contributed by atoms with Gasteiger partial charge < -0.3 is 5.73 Å². The number of carbonyl (C=O) groups excluding carboxylic acids is 1. The highest BCUT2D eigenvalue weighted by molar-refractivity contribution is 5.93. The van der Waals surface area contributed by atoms with Crippen molar-refractivity contribution < 1.29 is 4.79 Å². The molecule has 1 aromatic carbocycles. The van der Waals surface area contributed by atoms with Crippen LogP contribution in [0.25, 0.3) is 11.4 Å². The molecule has 1 aromatic heterocycles. The van der Waals surface area contributed by atoms with Crippen LogP contribution in [0.4, 0.5) is 0 Å². The Morgan fingerprint density at radius 1 is 1.47 bits per heavy atom. The van der Waals surface area contributed by atoms with Crippen molar-refractivity contribution >= 4 is 5.91 Å². The van der Waals surface area contributed by atoms with E-state index in [4.69, 9.17) is 11.0 Å². The number of rotatable bonds is 4. The Balaban J connectivity index is 2.18. The average Bonchev–Trinajstić information content (AvgIpc) is 2.87. The number of carbonyl (C=O) groups is 1. The van der Waals surface area contributed by atoms with Gasteiger partial charge in [-0.3, -0.25) is 4.79 Å². The summed E-state index contributed by atoms with van der Waals surface area (Å²) in [4.78, 5) is 12.3. The average molecular weight is 256 g/mol. The van der Waals surface area contributed by atoms with Crippen molar-refractivity contribution in [1.29, 1.82) is 5.26 Å². The third kappa shape index (κ3) is 2.93. The van der Waals surface area contributed by atoms with E-state index in [0.717, 1.165) is 5.56 Å². The molecule has 1 heterocycles. The molecular formula is C12H12N6O. The zero-order chi connectivity index (χ0) is 13.8. The predicted octanol–water partition coefficient (Wildman–Crippen LogP) is 0.599. The first-order chi connectivity index (χ1) is 9.10. The second kappa shape index (κ2) is 5.27. The smallest absolute Gasteiger partial charge is 0.248 e. The van der Waals surface area contributed by atoms with Gasteiger partial charge in [0.1, 0.15) is 0 Å². The summed E-state index contributed by atoms with van der Waals surface area (Å²) in [6.45, 7) is 2.17. The summed E-state index contributed by atoms with van der Waals surface area (Å²) in [5, 5.41) is 20.7. The van der Waals surface area contributed by atoms with Gasteiger partial charge in [-0.2, -0.15) is 10.1 Å². The lowest BCUT2D eigenvalue weighted by molar-refractivity contribution is 0.100. The molecule has 7 nitrogen and oxygen atoms in total. The van der Waals surface area contributed by atoms with Crippen LogP contribution in [0.15, 0.2) is 24.3 Å². The van der Waals surface area contributed by atoms with Crippen LogP contribution in [0.1, 0.15) is 17.3 Å². The number of hydrogen-bond acceptors (Lipinski definition) is 5. The largest absolute Gasteiger partial charge is 0.366 e. The number of benzene rings is 1. The number of aromatic nitrogens is 4. The zero-order valence-corrected chi connectivity index (χ0v) is 10.3. The number of tetrazole rings is 1. The first-order valence-corrected chi connectivity index (χ1v) is 5.68. The summed E-state index contributed by atoms with van der Waals surface area (Å²) in [6.07, 6.45) is 0. The molecule has 0 saturated heterocycles. The van der Waals surface area contributed by atoms with Crippen molar-refractivity contribution in [3.05, 3.63) is 29.8 Å². The fourth-order valence-corrected chi connectivity index (χ4v) is 1.51. The Kier molecular flexibility index (Phi) is 3.52. The molecule has 1 atom stereocenters. The Hall–Kier alpha value is -2.75. The van der Waals surface area contributed by atoms with Gasteiger partial charge in [-0.1, -0.05) is 12.1 Å². The summed E-state index contributed by atoms with van der Waals surface area (Å²) in [5.74, 6) is -0.216. The molecule has 0 aliphatic heterocycles. The normalized spacial score (nSPS) is 11.8. The molecule has 0 aliphatic rings. The second-order valence-corrected chi connectivity index (χ2v) is 4.14. The SMILES string of the molecule is C[C@H](C#N)Cn1nnc(-c2ccc(C(N)=O)cc2)n1. The van der Waals surface area contributed by atoms with Crippen LogP contribution in [-0.2, 0) is 6.54 Å². The molecule has 0 aliphatic carbocycles. The first-order valence-electron chi connectivity index (χ1n) is 5.68. The fraction of sp³-hybridized carbons (Fsp3) is 0.250. The molecule has 0 radical (unpaired) electrons. The van der Waals surface area contributed by atoms with Crippen LogP contribution in [0, 0.1) is 17.2 Å². The lowest BCUT2D eigenvalue weighted by atomic mass is 10.1. The molecule has 19 heavy (non-hydrogen) atoms. The second-order valence-electron chi connectivity index (χ2n) is 4.14. The topological polar surface area (TPSA) is 110 Å². The fourth-order valence-electron chi connectivity index (χ4n) is 1.51. The summed E-state index contributed by atoms with van der Waals surface area (Å²) >= 11 is 0. The monoisotopic (exact) mass is 256 g/mol. The van der Waals surface area contributed by atoms with Gasteiger partial charge in [-0.05, 0) is 24.3 Å². The highest BCUT2D eigenvalue weighted by Gasteiger charge is 2.09. The molecule has 0 unspecified atom stereocenters. The maximum atomic E-state index is 11.0. The zero-order valence-electron chi connectivity index (χ0n) is 10.3. The van der Waals surface area contributed by atoms with E-state index in [1.807, 2.05) is 0 Å². The Morgan fingerprint density at radius 3 is 2.74 bits per heavy atom. The van der Waals surface area contributed by atoms with E-state index in [1.165, 1.54) is 4.80 Å². The van der Waals surface area contributed by atoms with Crippen molar-refractivity contribution in [2.75, 3.05) is 0 Å². The standard InChI is InChI=1S/C12H12N6O/c1-8(6-13)7-18-16-12(15-17-18)10-4-2-9(3-5-10)11(14)19/h2-5,8H,7H2,1H3,(H2,14,19)/t8-/m1/s1. The van der Waals surface area contributed by atoms with Gasteiger partial charge >= 0.3 is 0 Å². The third-order valence-corrected chi connectivity index (χ3v) is 2.54. The van der Waals surface area contributed by atoms with Crippen molar-refractivity contribution in [3.63, 3.8) is 0 Å².